The van der Waals surface area contributed by atoms with Gasteiger partial charge < -0.3 is 20.1 Å². The number of ether oxygens (including phenoxy) is 2. The van der Waals surface area contributed by atoms with E-state index in [-0.39, 0.29) is 24.0 Å². The van der Waals surface area contributed by atoms with Crippen LogP contribution >= 0.6 is 35.3 Å². The molecule has 0 radical (unpaired) electrons. The third-order valence-corrected chi connectivity index (χ3v) is 5.14. The Hall–Kier alpha value is -1.39. The van der Waals surface area contributed by atoms with E-state index in [0.717, 1.165) is 35.1 Å². The molecule has 0 unspecified atom stereocenters. The number of hydrogen-bond donors (Lipinski definition) is 2. The molecule has 0 saturated heterocycles. The molecule has 6 nitrogen and oxygen atoms in total. The number of thiazole rings is 1. The molecule has 0 bridgehead atoms. The number of benzene rings is 1. The van der Waals surface area contributed by atoms with Crippen molar-refractivity contribution in [3.8, 4) is 5.75 Å². The van der Waals surface area contributed by atoms with Crippen LogP contribution in [0.2, 0.25) is 0 Å². The largest absolute Gasteiger partial charge is 0.493 e. The molecule has 2 rings (SSSR count). The van der Waals surface area contributed by atoms with E-state index in [1.165, 1.54) is 10.4 Å². The summed E-state index contributed by atoms with van der Waals surface area (Å²) in [4.78, 5) is 10.0. The molecule has 28 heavy (non-hydrogen) atoms. The van der Waals surface area contributed by atoms with Crippen LogP contribution < -0.4 is 15.4 Å². The first kappa shape index (κ1) is 24.6. The van der Waals surface area contributed by atoms with E-state index in [1.54, 1.807) is 25.5 Å². The molecule has 1 aromatic carbocycles. The van der Waals surface area contributed by atoms with Crippen LogP contribution in [0.5, 0.6) is 5.75 Å². The van der Waals surface area contributed by atoms with Crippen molar-refractivity contribution < 1.29 is 9.47 Å². The molecule has 2 N–H and O–H groups in total. The van der Waals surface area contributed by atoms with Crippen LogP contribution in [0.15, 0.2) is 29.4 Å². The number of halogens is 1. The Morgan fingerprint density at radius 1 is 1.21 bits per heavy atom. The Kier molecular flexibility index (Phi) is 12.1. The van der Waals surface area contributed by atoms with Gasteiger partial charge in [-0.2, -0.15) is 0 Å². The molecular weight excluding hydrogens is 487 g/mol. The Labute approximate surface area is 189 Å². The summed E-state index contributed by atoms with van der Waals surface area (Å²) in [5.74, 6) is 1.65. The summed E-state index contributed by atoms with van der Waals surface area (Å²) in [6.45, 7) is 6.85. The SMILES string of the molecule is CCc1cnc(CNC(=NC)NCc2ccc(C)cc2OCCCOC)s1.I. The third-order valence-electron chi connectivity index (χ3n) is 4.00. The van der Waals surface area contributed by atoms with Gasteiger partial charge in [0.15, 0.2) is 5.96 Å². The zero-order valence-electron chi connectivity index (χ0n) is 17.1. The lowest BCUT2D eigenvalue weighted by Gasteiger charge is -2.15. The summed E-state index contributed by atoms with van der Waals surface area (Å²) in [5, 5.41) is 7.73. The maximum Gasteiger partial charge on any atom is 0.191 e. The molecule has 1 aromatic heterocycles. The smallest absolute Gasteiger partial charge is 0.191 e. The second kappa shape index (κ2) is 13.7. The van der Waals surface area contributed by atoms with E-state index in [0.29, 0.717) is 26.3 Å². The topological polar surface area (TPSA) is 67.8 Å². The van der Waals surface area contributed by atoms with Crippen LogP contribution in [-0.2, 0) is 24.2 Å². The number of aromatic nitrogens is 1. The molecule has 0 aliphatic rings. The van der Waals surface area contributed by atoms with Gasteiger partial charge in [-0.15, -0.1) is 35.3 Å². The molecule has 0 saturated carbocycles. The molecule has 0 aliphatic heterocycles. The van der Waals surface area contributed by atoms with E-state index >= 15 is 0 Å². The number of nitrogens with one attached hydrogen (secondary N) is 2. The van der Waals surface area contributed by atoms with Gasteiger partial charge in [-0.05, 0) is 25.0 Å². The molecule has 156 valence electrons. The maximum atomic E-state index is 5.94. The number of methoxy groups -OCH3 is 1. The highest BCUT2D eigenvalue weighted by atomic mass is 127. The van der Waals surface area contributed by atoms with Crippen LogP contribution in [0.3, 0.4) is 0 Å². The normalized spacial score (nSPS) is 11.1. The van der Waals surface area contributed by atoms with Gasteiger partial charge in [-0.3, -0.25) is 4.99 Å². The quantitative estimate of drug-likeness (QED) is 0.216. The van der Waals surface area contributed by atoms with E-state index in [1.807, 2.05) is 6.20 Å². The van der Waals surface area contributed by atoms with E-state index in [2.05, 4.69) is 52.7 Å². The first-order chi connectivity index (χ1) is 13.2. The molecule has 0 spiro atoms. The van der Waals surface area contributed by atoms with Gasteiger partial charge in [-0.25, -0.2) is 4.98 Å². The Morgan fingerprint density at radius 3 is 2.68 bits per heavy atom. The van der Waals surface area contributed by atoms with Crippen LogP contribution in [0.4, 0.5) is 0 Å². The van der Waals surface area contributed by atoms with Crippen molar-refractivity contribution in [3.05, 3.63) is 45.4 Å². The molecule has 0 atom stereocenters. The lowest BCUT2D eigenvalue weighted by atomic mass is 10.1. The number of guanidine groups is 1. The van der Waals surface area contributed by atoms with Crippen molar-refractivity contribution in [2.45, 2.75) is 39.8 Å². The highest BCUT2D eigenvalue weighted by molar-refractivity contribution is 14.0. The average molecular weight is 518 g/mol. The predicted octanol–water partition coefficient (Wildman–Crippen LogP) is 3.91. The number of nitrogens with zero attached hydrogens (tertiary/aromatic N) is 2. The number of aryl methyl sites for hydroxylation is 2. The van der Waals surface area contributed by atoms with E-state index in [9.17, 15) is 0 Å². The number of hydrogen-bond acceptors (Lipinski definition) is 5. The Balaban J connectivity index is 0.00000392. The minimum absolute atomic E-state index is 0. The second-order valence-electron chi connectivity index (χ2n) is 6.16. The summed E-state index contributed by atoms with van der Waals surface area (Å²) in [5.41, 5.74) is 2.28. The monoisotopic (exact) mass is 518 g/mol. The predicted molar refractivity (Wildman–Crippen MR) is 127 cm³/mol. The fourth-order valence-electron chi connectivity index (χ4n) is 2.48. The third kappa shape index (κ3) is 8.32. The molecule has 0 aliphatic carbocycles. The molecule has 2 aromatic rings. The molecule has 0 fully saturated rings. The summed E-state index contributed by atoms with van der Waals surface area (Å²) in [6, 6.07) is 6.26. The van der Waals surface area contributed by atoms with Crippen molar-refractivity contribution >= 4 is 41.3 Å². The number of rotatable bonds is 10. The van der Waals surface area contributed by atoms with Crippen LogP contribution in [0, 0.1) is 6.92 Å². The first-order valence-electron chi connectivity index (χ1n) is 9.25. The van der Waals surface area contributed by atoms with Crippen molar-refractivity contribution in [2.24, 2.45) is 4.99 Å². The van der Waals surface area contributed by atoms with Crippen molar-refractivity contribution in [1.82, 2.24) is 15.6 Å². The number of aliphatic imine (C=N–C) groups is 1. The summed E-state index contributed by atoms with van der Waals surface area (Å²) in [6.07, 6.45) is 3.83. The minimum atomic E-state index is 0. The van der Waals surface area contributed by atoms with Gasteiger partial charge >= 0.3 is 0 Å². The summed E-state index contributed by atoms with van der Waals surface area (Å²) < 4.78 is 11.0. The van der Waals surface area contributed by atoms with Gasteiger partial charge in [0.2, 0.25) is 0 Å². The van der Waals surface area contributed by atoms with Crippen LogP contribution in [0.25, 0.3) is 0 Å². The lowest BCUT2D eigenvalue weighted by Crippen LogP contribution is -2.36. The maximum absolute atomic E-state index is 5.94. The van der Waals surface area contributed by atoms with E-state index in [4.69, 9.17) is 9.47 Å². The highest BCUT2D eigenvalue weighted by Crippen LogP contribution is 2.20. The van der Waals surface area contributed by atoms with Crippen molar-refractivity contribution in [2.75, 3.05) is 27.4 Å². The van der Waals surface area contributed by atoms with Gasteiger partial charge in [0.25, 0.3) is 0 Å². The van der Waals surface area contributed by atoms with E-state index < -0.39 is 0 Å². The van der Waals surface area contributed by atoms with Crippen molar-refractivity contribution in [3.63, 3.8) is 0 Å². The van der Waals surface area contributed by atoms with Gasteiger partial charge in [-0.1, -0.05) is 19.1 Å². The van der Waals surface area contributed by atoms with Crippen LogP contribution in [-0.4, -0.2) is 38.3 Å². The molecule has 8 heteroatoms. The lowest BCUT2D eigenvalue weighted by molar-refractivity contribution is 0.171. The standard InChI is InChI=1S/C20H30N4O2S.HI/c1-5-17-13-22-19(27-17)14-24-20(21-3)23-12-16-8-7-15(2)11-18(16)26-10-6-9-25-4;/h7-8,11,13H,5-6,9-10,12,14H2,1-4H3,(H2,21,23,24);1H. The highest BCUT2D eigenvalue weighted by Gasteiger charge is 2.07. The summed E-state index contributed by atoms with van der Waals surface area (Å²) >= 11 is 1.73. The fourth-order valence-corrected chi connectivity index (χ4v) is 3.28. The van der Waals surface area contributed by atoms with Gasteiger partial charge in [0.05, 0.1) is 13.2 Å². The Bertz CT molecular complexity index is 737. The summed E-state index contributed by atoms with van der Waals surface area (Å²) in [7, 11) is 3.47. The Morgan fingerprint density at radius 2 is 2.00 bits per heavy atom. The van der Waals surface area contributed by atoms with Crippen LogP contribution in [0.1, 0.15) is 34.4 Å². The van der Waals surface area contributed by atoms with Crippen molar-refractivity contribution in [1.29, 1.82) is 0 Å². The molecule has 1 heterocycles. The first-order valence-corrected chi connectivity index (χ1v) is 10.1. The van der Waals surface area contributed by atoms with Gasteiger partial charge in [0.1, 0.15) is 10.8 Å². The molecular formula is C20H31IN4O2S. The zero-order chi connectivity index (χ0) is 19.5. The average Bonchev–Trinajstić information content (AvgIpc) is 3.14. The second-order valence-corrected chi connectivity index (χ2v) is 7.36. The fraction of sp³-hybridized carbons (Fsp3) is 0.500. The zero-order valence-corrected chi connectivity index (χ0v) is 20.2. The molecule has 0 amide bonds. The van der Waals surface area contributed by atoms with Gasteiger partial charge in [0, 0.05) is 50.4 Å². The minimum Gasteiger partial charge on any atom is -0.493 e.